The molecule has 2 aromatic heterocycles. The van der Waals surface area contributed by atoms with Crippen LogP contribution in [0.25, 0.3) is 41.1 Å². The fourth-order valence-corrected chi connectivity index (χ4v) is 9.79. The number of hydrogen-bond acceptors (Lipinski definition) is 11. The molecule has 1 saturated heterocycles. The van der Waals surface area contributed by atoms with Crippen LogP contribution in [0.1, 0.15) is 44.7 Å². The summed E-state index contributed by atoms with van der Waals surface area (Å²) < 4.78 is 34.8. The summed E-state index contributed by atoms with van der Waals surface area (Å²) >= 11 is 3.14. The molecule has 3 heterocycles. The van der Waals surface area contributed by atoms with Gasteiger partial charge in [0.15, 0.2) is 11.6 Å². The van der Waals surface area contributed by atoms with Gasteiger partial charge in [0.25, 0.3) is 0 Å². The maximum absolute atomic E-state index is 13.8. The Labute approximate surface area is 367 Å². The Bertz CT molecular complexity index is 2820. The van der Waals surface area contributed by atoms with Crippen molar-refractivity contribution >= 4 is 54.4 Å². The zero-order chi connectivity index (χ0) is 43.2. The van der Waals surface area contributed by atoms with Crippen LogP contribution in [0.5, 0.6) is 34.5 Å². The predicted molar refractivity (Wildman–Crippen MR) is 247 cm³/mol. The maximum atomic E-state index is 13.8. The number of aromatic hydroxyl groups is 1. The van der Waals surface area contributed by atoms with Crippen molar-refractivity contribution in [2.75, 3.05) is 41.7 Å². The lowest BCUT2D eigenvalue weighted by Crippen LogP contribution is -2.16. The van der Waals surface area contributed by atoms with E-state index in [-0.39, 0.29) is 23.4 Å². The van der Waals surface area contributed by atoms with Gasteiger partial charge in [0, 0.05) is 58.8 Å². The topological polar surface area (TPSA) is 110 Å². The molecule has 0 amide bonds. The van der Waals surface area contributed by atoms with E-state index in [0.29, 0.717) is 28.9 Å². The average Bonchev–Trinajstić information content (AvgIpc) is 4.09. The van der Waals surface area contributed by atoms with Gasteiger partial charge < -0.3 is 33.5 Å². The van der Waals surface area contributed by atoms with Crippen molar-refractivity contribution < 1.29 is 43.1 Å². The monoisotopic (exact) mass is 864 g/mol. The largest absolute Gasteiger partial charge is 0.508 e. The number of carbonyl (C=O) groups is 2. The Balaban J connectivity index is 0.000000174. The lowest BCUT2D eigenvalue weighted by molar-refractivity contribution is 0.0679. The van der Waals surface area contributed by atoms with E-state index in [2.05, 4.69) is 0 Å². The van der Waals surface area contributed by atoms with Crippen LogP contribution >= 0.6 is 22.7 Å². The molecule has 0 radical (unpaired) electrons. The predicted octanol–water partition coefficient (Wildman–Crippen LogP) is 11.9. The number of fused-ring (bicyclic) bond motifs is 2. The highest BCUT2D eigenvalue weighted by Gasteiger charge is 2.24. The molecule has 6 aromatic carbocycles. The summed E-state index contributed by atoms with van der Waals surface area (Å²) in [5.41, 5.74) is 4.42. The van der Waals surface area contributed by atoms with E-state index in [4.69, 9.17) is 28.4 Å². The molecule has 0 aliphatic carbocycles. The summed E-state index contributed by atoms with van der Waals surface area (Å²) in [6, 6.07) is 40.7. The van der Waals surface area contributed by atoms with Crippen molar-refractivity contribution in [2.24, 2.45) is 0 Å². The molecule has 11 heteroatoms. The van der Waals surface area contributed by atoms with Crippen molar-refractivity contribution in [1.29, 1.82) is 0 Å². The summed E-state index contributed by atoms with van der Waals surface area (Å²) in [4.78, 5) is 29.0. The molecule has 62 heavy (non-hydrogen) atoms. The third kappa shape index (κ3) is 9.01. The number of carbonyl (C=O) groups excluding carboxylic acids is 2. The number of hydrogen-bond donors (Lipinski definition) is 1. The van der Waals surface area contributed by atoms with E-state index < -0.39 is 0 Å². The summed E-state index contributed by atoms with van der Waals surface area (Å²) in [6.45, 7) is 1.34. The molecule has 1 atom stereocenters. The van der Waals surface area contributed by atoms with Crippen molar-refractivity contribution in [3.05, 3.63) is 156 Å². The highest BCUT2D eigenvalue weighted by atomic mass is 32.1. The van der Waals surface area contributed by atoms with Gasteiger partial charge in [0.2, 0.25) is 0 Å². The first-order chi connectivity index (χ1) is 30.3. The van der Waals surface area contributed by atoms with Gasteiger partial charge in [-0.1, -0.05) is 0 Å². The lowest BCUT2D eigenvalue weighted by atomic mass is 9.97. The number of thiophene rings is 2. The number of ether oxygens (including phenoxy) is 6. The van der Waals surface area contributed by atoms with E-state index in [1.54, 1.807) is 63.2 Å². The summed E-state index contributed by atoms with van der Waals surface area (Å²) in [6.07, 6.45) is 2.27. The second-order valence-electron chi connectivity index (χ2n) is 14.5. The third-order valence-electron chi connectivity index (χ3n) is 10.7. The van der Waals surface area contributed by atoms with Gasteiger partial charge >= 0.3 is 0 Å². The lowest BCUT2D eigenvalue weighted by Gasteiger charge is -2.12. The van der Waals surface area contributed by atoms with Gasteiger partial charge in [-0.15, -0.1) is 22.7 Å². The number of methoxy groups -OCH3 is 4. The molecule has 0 saturated carbocycles. The standard InChI is InChI=1S/C28H26O5S.C23H18O4S/c1-30-20-9-7-19(8-10-20)28-26(24-14-13-22(31-2)16-25(24)34-28)27(29)18-5-11-21(12-6-18)33-17-23-4-3-15-32-23;1-26-17-9-5-15(6-10-17)23-21(22(25)14-3-7-16(24)8-4-14)19-12-11-18(27-2)13-20(19)28-23/h5-14,16,23H,3-4,15,17H2,1-2H3;3-13,24H,1-2H3. The SMILES string of the molecule is COc1ccc(-c2sc3cc(OC)ccc3c2C(=O)c2ccc(O)cc2)cc1.COc1ccc(-c2sc3cc(OC)ccc3c2C(=O)c2ccc(OCC3CCCO3)cc2)cc1. The number of rotatable bonds is 13. The first-order valence-electron chi connectivity index (χ1n) is 20.0. The van der Waals surface area contributed by atoms with Crippen molar-refractivity contribution in [3.63, 3.8) is 0 Å². The fourth-order valence-electron chi connectivity index (χ4n) is 7.32. The van der Waals surface area contributed by atoms with Crippen LogP contribution in [0, 0.1) is 0 Å². The van der Waals surface area contributed by atoms with Crippen LogP contribution in [0.4, 0.5) is 0 Å². The Morgan fingerprint density at radius 3 is 1.40 bits per heavy atom. The quantitative estimate of drug-likeness (QED) is 0.113. The van der Waals surface area contributed by atoms with Crippen LogP contribution < -0.4 is 23.7 Å². The Kier molecular flexibility index (Phi) is 12.8. The van der Waals surface area contributed by atoms with Crippen LogP contribution in [-0.4, -0.2) is 64.4 Å². The van der Waals surface area contributed by atoms with E-state index in [1.165, 1.54) is 12.1 Å². The first-order valence-corrected chi connectivity index (χ1v) is 21.6. The molecule has 1 N–H and O–H groups in total. The highest BCUT2D eigenvalue weighted by Crippen LogP contribution is 2.43. The number of phenols is 1. The smallest absolute Gasteiger partial charge is 0.195 e. The second-order valence-corrected chi connectivity index (χ2v) is 16.6. The normalized spacial score (nSPS) is 13.3. The number of phenolic OH excluding ortho intramolecular Hbond substituents is 1. The molecule has 8 aromatic rings. The van der Waals surface area contributed by atoms with E-state index in [1.807, 2.05) is 109 Å². The van der Waals surface area contributed by atoms with Crippen molar-refractivity contribution in [2.45, 2.75) is 18.9 Å². The summed E-state index contributed by atoms with van der Waals surface area (Å²) in [7, 11) is 6.54. The van der Waals surface area contributed by atoms with Crippen LogP contribution in [0.3, 0.4) is 0 Å². The molecule has 1 aliphatic heterocycles. The van der Waals surface area contributed by atoms with E-state index in [9.17, 15) is 14.7 Å². The minimum absolute atomic E-state index is 0.0205. The molecule has 1 unspecified atom stereocenters. The van der Waals surface area contributed by atoms with Crippen LogP contribution in [0.15, 0.2) is 133 Å². The Morgan fingerprint density at radius 2 is 0.984 bits per heavy atom. The number of benzene rings is 6. The molecule has 1 aliphatic rings. The van der Waals surface area contributed by atoms with Crippen LogP contribution in [-0.2, 0) is 4.74 Å². The van der Waals surface area contributed by atoms with Crippen molar-refractivity contribution in [1.82, 2.24) is 0 Å². The molecule has 9 rings (SSSR count). The molecule has 9 nitrogen and oxygen atoms in total. The van der Waals surface area contributed by atoms with Gasteiger partial charge in [-0.25, -0.2) is 0 Å². The molecule has 314 valence electrons. The summed E-state index contributed by atoms with van der Waals surface area (Å²) in [5.74, 6) is 3.82. The highest BCUT2D eigenvalue weighted by molar-refractivity contribution is 7.23. The van der Waals surface area contributed by atoms with E-state index >= 15 is 0 Å². The molecular weight excluding hydrogens is 821 g/mol. The minimum atomic E-state index is -0.0813. The van der Waals surface area contributed by atoms with Gasteiger partial charge in [-0.3, -0.25) is 9.59 Å². The number of ketones is 2. The minimum Gasteiger partial charge on any atom is -0.508 e. The summed E-state index contributed by atoms with van der Waals surface area (Å²) in [5, 5.41) is 11.3. The third-order valence-corrected chi connectivity index (χ3v) is 13.1. The van der Waals surface area contributed by atoms with Crippen molar-refractivity contribution in [3.8, 4) is 55.4 Å². The molecule has 0 bridgehead atoms. The second kappa shape index (κ2) is 18.9. The van der Waals surface area contributed by atoms with Crippen LogP contribution in [0.2, 0.25) is 0 Å². The first kappa shape index (κ1) is 42.0. The maximum Gasteiger partial charge on any atom is 0.195 e. The molecule has 0 spiro atoms. The molecule has 1 fully saturated rings. The van der Waals surface area contributed by atoms with E-state index in [0.717, 1.165) is 89.2 Å². The van der Waals surface area contributed by atoms with Gasteiger partial charge in [-0.2, -0.15) is 0 Å². The van der Waals surface area contributed by atoms with Gasteiger partial charge in [0.05, 0.1) is 34.5 Å². The zero-order valence-electron chi connectivity index (χ0n) is 34.6. The Morgan fingerprint density at radius 1 is 0.565 bits per heavy atom. The molecular formula is C51H44O9S2. The zero-order valence-corrected chi connectivity index (χ0v) is 36.3. The Hall–Kier alpha value is -6.66. The van der Waals surface area contributed by atoms with Gasteiger partial charge in [0.1, 0.15) is 41.1 Å². The van der Waals surface area contributed by atoms with Gasteiger partial charge in [-0.05, 0) is 157 Å². The fraction of sp³-hybridized carbons (Fsp3) is 0.176. The average molecular weight is 865 g/mol.